The maximum absolute atomic E-state index is 11.3. The van der Waals surface area contributed by atoms with E-state index in [2.05, 4.69) is 6.92 Å². The molecule has 1 aliphatic heterocycles. The lowest BCUT2D eigenvalue weighted by atomic mass is 9.83. The molecule has 3 aliphatic rings. The van der Waals surface area contributed by atoms with Crippen LogP contribution in [0.25, 0.3) is 0 Å². The number of fused-ring (bicyclic) bond motifs is 1. The van der Waals surface area contributed by atoms with Crippen molar-refractivity contribution < 1.29 is 17.4 Å². The van der Waals surface area contributed by atoms with Gasteiger partial charge in [-0.15, -0.1) is 0 Å². The Kier molecular flexibility index (Phi) is 7.27. The Morgan fingerprint density at radius 2 is 1.74 bits per heavy atom. The van der Waals surface area contributed by atoms with Crippen LogP contribution in [0, 0.1) is 17.3 Å². The molecule has 1 heterocycles. The second kappa shape index (κ2) is 8.11. The minimum Gasteiger partial charge on any atom is -0.299 e. The molecule has 2 aliphatic carbocycles. The number of carbonyl (C=O) groups excluding carboxylic acids is 1. The van der Waals surface area contributed by atoms with E-state index in [0.717, 1.165) is 38.5 Å². The van der Waals surface area contributed by atoms with Crippen LogP contribution in [0.1, 0.15) is 80.1 Å². The van der Waals surface area contributed by atoms with Crippen molar-refractivity contribution in [3.8, 4) is 0 Å². The topological polar surface area (TPSA) is 60.4 Å². The van der Waals surface area contributed by atoms with E-state index >= 15 is 0 Å². The molecule has 1 saturated heterocycles. The standard InChI is InChI=1S/C9H18O.C7H10O3S.C2H6/c1-5-7-8(10)9(3,4)6-2;8-11(9)7-3-4-1-5(7)6(2-4)10-11;1-2/h5-7H2,1-4H3;4-7H,1-3H2;1-2H3. The Hall–Kier alpha value is -0.420. The van der Waals surface area contributed by atoms with Crippen molar-refractivity contribution in [3.63, 3.8) is 0 Å². The molecule has 3 fully saturated rings. The van der Waals surface area contributed by atoms with E-state index in [1.807, 2.05) is 34.6 Å². The molecule has 0 amide bonds. The van der Waals surface area contributed by atoms with Gasteiger partial charge in [-0.3, -0.25) is 8.98 Å². The maximum atomic E-state index is 11.3. The van der Waals surface area contributed by atoms with Crippen LogP contribution in [0.15, 0.2) is 0 Å². The summed E-state index contributed by atoms with van der Waals surface area (Å²) in [5.41, 5.74) is -0.0873. The van der Waals surface area contributed by atoms with Gasteiger partial charge in [-0.1, -0.05) is 41.5 Å². The predicted molar refractivity (Wildman–Crippen MR) is 93.7 cm³/mol. The lowest BCUT2D eigenvalue weighted by Gasteiger charge is -2.19. The first-order valence-corrected chi connectivity index (χ1v) is 10.6. The molecule has 23 heavy (non-hydrogen) atoms. The minimum atomic E-state index is -3.13. The first kappa shape index (κ1) is 20.6. The monoisotopic (exact) mass is 346 g/mol. The van der Waals surface area contributed by atoms with Crippen molar-refractivity contribution in [1.82, 2.24) is 0 Å². The third-order valence-corrected chi connectivity index (χ3v) is 7.24. The Balaban J connectivity index is 0.000000210. The van der Waals surface area contributed by atoms with Gasteiger partial charge in [0.1, 0.15) is 5.78 Å². The second-order valence-electron chi connectivity index (χ2n) is 7.31. The maximum Gasteiger partial charge on any atom is 0.270 e. The van der Waals surface area contributed by atoms with Crippen LogP contribution < -0.4 is 0 Å². The van der Waals surface area contributed by atoms with Gasteiger partial charge in [0, 0.05) is 17.8 Å². The molecule has 4 unspecified atom stereocenters. The van der Waals surface area contributed by atoms with Gasteiger partial charge < -0.3 is 0 Å². The van der Waals surface area contributed by atoms with E-state index in [1.165, 1.54) is 0 Å². The van der Waals surface area contributed by atoms with Gasteiger partial charge >= 0.3 is 0 Å². The SMILES string of the molecule is CC.CCCC(=O)C(C)(C)CC.O=S1(=O)OC2CC3CC2C1C3. The average molecular weight is 347 g/mol. The molecule has 3 rings (SSSR count). The van der Waals surface area contributed by atoms with Crippen molar-refractivity contribution in [1.29, 1.82) is 0 Å². The summed E-state index contributed by atoms with van der Waals surface area (Å²) in [6.07, 6.45) is 5.66. The van der Waals surface area contributed by atoms with Gasteiger partial charge in [-0.25, -0.2) is 0 Å². The molecule has 4 atom stereocenters. The van der Waals surface area contributed by atoms with Crippen LogP contribution in [0.3, 0.4) is 0 Å². The van der Waals surface area contributed by atoms with E-state index < -0.39 is 10.1 Å². The molecular weight excluding hydrogens is 312 g/mol. The van der Waals surface area contributed by atoms with Gasteiger partial charge in [-0.2, -0.15) is 8.42 Å². The van der Waals surface area contributed by atoms with Gasteiger partial charge in [0.05, 0.1) is 11.4 Å². The molecule has 136 valence electrons. The first-order chi connectivity index (χ1) is 10.7. The minimum absolute atomic E-state index is 0.0590. The zero-order valence-electron chi connectivity index (χ0n) is 15.6. The van der Waals surface area contributed by atoms with E-state index in [4.69, 9.17) is 4.18 Å². The predicted octanol–water partition coefficient (Wildman–Crippen LogP) is 4.33. The third kappa shape index (κ3) is 4.56. The summed E-state index contributed by atoms with van der Waals surface area (Å²) in [6, 6.07) is 0. The fourth-order valence-electron chi connectivity index (χ4n) is 3.67. The lowest BCUT2D eigenvalue weighted by molar-refractivity contribution is -0.127. The van der Waals surface area contributed by atoms with E-state index in [9.17, 15) is 13.2 Å². The molecule has 5 heteroatoms. The van der Waals surface area contributed by atoms with E-state index in [-0.39, 0.29) is 16.8 Å². The highest BCUT2D eigenvalue weighted by atomic mass is 32.2. The summed E-state index contributed by atoms with van der Waals surface area (Å²) in [7, 11) is -3.13. The van der Waals surface area contributed by atoms with Crippen LogP contribution >= 0.6 is 0 Å². The molecule has 0 aromatic heterocycles. The summed E-state index contributed by atoms with van der Waals surface area (Å²) in [5, 5.41) is -0.133. The van der Waals surface area contributed by atoms with Gasteiger partial charge in [0.2, 0.25) is 0 Å². The number of hydrogen-bond donors (Lipinski definition) is 0. The van der Waals surface area contributed by atoms with Crippen LogP contribution in [0.4, 0.5) is 0 Å². The normalized spacial score (nSPS) is 32.6. The number of ketones is 1. The van der Waals surface area contributed by atoms with Gasteiger partial charge in [0.15, 0.2) is 0 Å². The Morgan fingerprint density at radius 3 is 2.13 bits per heavy atom. The quantitative estimate of drug-likeness (QED) is 0.711. The molecule has 4 nitrogen and oxygen atoms in total. The third-order valence-electron chi connectivity index (χ3n) is 5.44. The highest BCUT2D eigenvalue weighted by Gasteiger charge is 2.59. The zero-order valence-corrected chi connectivity index (χ0v) is 16.4. The lowest BCUT2D eigenvalue weighted by Crippen LogP contribution is -2.22. The summed E-state index contributed by atoms with van der Waals surface area (Å²) < 4.78 is 27.5. The Labute approximate surface area is 142 Å². The number of hydrogen-bond acceptors (Lipinski definition) is 4. The molecule has 2 bridgehead atoms. The van der Waals surface area contributed by atoms with Crippen molar-refractivity contribution >= 4 is 15.9 Å². The zero-order chi connectivity index (χ0) is 17.8. The van der Waals surface area contributed by atoms with E-state index in [0.29, 0.717) is 17.6 Å². The summed E-state index contributed by atoms with van der Waals surface area (Å²) >= 11 is 0. The molecule has 2 saturated carbocycles. The van der Waals surface area contributed by atoms with Crippen LogP contribution in [0.2, 0.25) is 0 Å². The van der Waals surface area contributed by atoms with Gasteiger partial charge in [0.25, 0.3) is 10.1 Å². The van der Waals surface area contributed by atoms with Gasteiger partial charge in [-0.05, 0) is 38.0 Å². The molecule has 0 aromatic rings. The molecular formula is C18H34O4S. The Bertz CT molecular complexity index is 493. The summed E-state index contributed by atoms with van der Waals surface area (Å²) in [4.78, 5) is 11.3. The fraction of sp³-hybridized carbons (Fsp3) is 0.944. The number of rotatable bonds is 4. The van der Waals surface area contributed by atoms with Crippen LogP contribution in [-0.4, -0.2) is 25.6 Å². The molecule has 0 N–H and O–H groups in total. The highest BCUT2D eigenvalue weighted by Crippen LogP contribution is 2.54. The first-order valence-electron chi connectivity index (χ1n) is 9.16. The number of Topliss-reactive ketones (excluding diaryl/α,β-unsaturated/α-hetero) is 1. The van der Waals surface area contributed by atoms with Crippen LogP contribution in [0.5, 0.6) is 0 Å². The molecule has 0 aromatic carbocycles. The fourth-order valence-corrected chi connectivity index (χ4v) is 5.60. The number of carbonyl (C=O) groups is 1. The van der Waals surface area contributed by atoms with E-state index in [1.54, 1.807) is 0 Å². The summed E-state index contributed by atoms with van der Waals surface area (Å²) in [5.74, 6) is 1.40. The molecule has 0 radical (unpaired) electrons. The average Bonchev–Trinajstić information content (AvgIpc) is 3.12. The van der Waals surface area contributed by atoms with Crippen molar-refractivity contribution in [3.05, 3.63) is 0 Å². The van der Waals surface area contributed by atoms with Crippen molar-refractivity contribution in [2.45, 2.75) is 91.4 Å². The highest BCUT2D eigenvalue weighted by molar-refractivity contribution is 7.87. The second-order valence-corrected chi connectivity index (χ2v) is 9.10. The Morgan fingerprint density at radius 1 is 1.13 bits per heavy atom. The van der Waals surface area contributed by atoms with Crippen molar-refractivity contribution in [2.75, 3.05) is 0 Å². The van der Waals surface area contributed by atoms with Crippen LogP contribution in [-0.2, 0) is 19.1 Å². The van der Waals surface area contributed by atoms with Crippen molar-refractivity contribution in [2.24, 2.45) is 17.3 Å². The largest absolute Gasteiger partial charge is 0.299 e. The smallest absolute Gasteiger partial charge is 0.270 e. The summed E-state index contributed by atoms with van der Waals surface area (Å²) in [6.45, 7) is 12.1. The molecule has 0 spiro atoms.